The molecule has 4 heterocycles. The summed E-state index contributed by atoms with van der Waals surface area (Å²) >= 11 is 6.39. The van der Waals surface area contributed by atoms with Crippen molar-refractivity contribution in [2.45, 2.75) is 20.1 Å². The van der Waals surface area contributed by atoms with Crippen LogP contribution in [-0.2, 0) is 19.2 Å². The van der Waals surface area contributed by atoms with Crippen molar-refractivity contribution in [2.24, 2.45) is 10.9 Å². The Morgan fingerprint density at radius 3 is 2.73 bits per heavy atom. The average Bonchev–Trinajstić information content (AvgIpc) is 3.50. The van der Waals surface area contributed by atoms with Crippen LogP contribution in [0.2, 0.25) is 0 Å². The predicted octanol–water partition coefficient (Wildman–Crippen LogP) is 0.486. The Kier molecular flexibility index (Phi) is 8.57. The van der Waals surface area contributed by atoms with E-state index in [1.165, 1.54) is 64.0 Å². The summed E-state index contributed by atoms with van der Waals surface area (Å²) in [5.74, 6) is -1.48. The van der Waals surface area contributed by atoms with E-state index in [0.29, 0.717) is 31.5 Å². The van der Waals surface area contributed by atoms with Gasteiger partial charge in [-0.05, 0) is 5.57 Å². The maximum Gasteiger partial charge on any atom is 0.352 e. The zero-order valence-electron chi connectivity index (χ0n) is 18.9. The highest BCUT2D eigenvalue weighted by molar-refractivity contribution is 8.03. The van der Waals surface area contributed by atoms with Crippen molar-refractivity contribution in [3.05, 3.63) is 22.3 Å². The van der Waals surface area contributed by atoms with Gasteiger partial charge >= 0.3 is 5.97 Å². The average molecular weight is 602 g/mol. The van der Waals surface area contributed by atoms with Crippen molar-refractivity contribution in [2.75, 3.05) is 30.1 Å². The fourth-order valence-corrected chi connectivity index (χ4v) is 8.10. The summed E-state index contributed by atoms with van der Waals surface area (Å²) in [5.41, 5.74) is 11.5. The first-order valence-electron chi connectivity index (χ1n) is 10.1. The second-order valence-corrected chi connectivity index (χ2v) is 12.7. The van der Waals surface area contributed by atoms with Gasteiger partial charge in [-0.1, -0.05) is 40.0 Å². The van der Waals surface area contributed by atoms with Gasteiger partial charge in [0.2, 0.25) is 0 Å². The number of fused-ring (bicyclic) bond motifs is 1. The highest BCUT2D eigenvalue weighted by atomic mass is 32.2. The lowest BCUT2D eigenvalue weighted by Crippen LogP contribution is -2.71. The summed E-state index contributed by atoms with van der Waals surface area (Å²) < 4.78 is 1.28. The monoisotopic (exact) mass is 601 g/mol. The van der Waals surface area contributed by atoms with E-state index in [2.05, 4.69) is 25.7 Å². The van der Waals surface area contributed by atoms with Gasteiger partial charge in [0.1, 0.15) is 35.8 Å². The van der Waals surface area contributed by atoms with E-state index >= 15 is 0 Å². The number of rotatable bonds is 11. The Morgan fingerprint density at radius 1 is 1.38 bits per heavy atom. The molecule has 2 atom stereocenters. The van der Waals surface area contributed by atoms with Crippen molar-refractivity contribution in [3.8, 4) is 0 Å². The molecule has 0 aromatic carbocycles. The molecule has 2 amide bonds. The third-order valence-electron chi connectivity index (χ3n) is 4.81. The molecule has 196 valence electrons. The van der Waals surface area contributed by atoms with E-state index in [-0.39, 0.29) is 28.1 Å². The second kappa shape index (κ2) is 11.7. The summed E-state index contributed by atoms with van der Waals surface area (Å²) in [5, 5.41) is 32.8. The molecule has 1 saturated heterocycles. The third-order valence-corrected chi connectivity index (χ3v) is 10.1. The van der Waals surface area contributed by atoms with Gasteiger partial charge in [0.25, 0.3) is 11.8 Å². The lowest BCUT2D eigenvalue weighted by atomic mass is 10.0. The number of nitrogens with two attached hydrogens (primary N) is 2. The van der Waals surface area contributed by atoms with E-state index < -0.39 is 29.2 Å². The minimum atomic E-state index is -1.23. The number of carbonyl (C=O) groups excluding carboxylic acids is 2. The molecule has 2 aromatic rings. The molecule has 37 heavy (non-hydrogen) atoms. The minimum absolute atomic E-state index is 0.0307. The summed E-state index contributed by atoms with van der Waals surface area (Å²) in [6, 6.07) is -0.942. The number of nitrogens with zero attached hydrogens (tertiary/aromatic N) is 5. The number of nitrogen functional groups attached to an aromatic ring is 1. The van der Waals surface area contributed by atoms with Gasteiger partial charge in [0.05, 0.1) is 5.75 Å². The first kappa shape index (κ1) is 27.2. The van der Waals surface area contributed by atoms with Crippen LogP contribution in [0, 0.1) is 5.41 Å². The third kappa shape index (κ3) is 6.00. The highest BCUT2D eigenvalue weighted by Crippen LogP contribution is 2.42. The van der Waals surface area contributed by atoms with Crippen molar-refractivity contribution in [3.63, 3.8) is 0 Å². The van der Waals surface area contributed by atoms with E-state index in [1.54, 1.807) is 0 Å². The number of anilines is 1. The molecule has 14 nitrogen and oxygen atoms in total. The van der Waals surface area contributed by atoms with E-state index in [9.17, 15) is 19.5 Å². The van der Waals surface area contributed by atoms with E-state index in [0.717, 1.165) is 11.3 Å². The molecule has 0 spiro atoms. The van der Waals surface area contributed by atoms with Gasteiger partial charge < -0.3 is 26.7 Å². The predicted molar refractivity (Wildman–Crippen MR) is 143 cm³/mol. The molecule has 2 aliphatic rings. The van der Waals surface area contributed by atoms with Crippen LogP contribution >= 0.6 is 58.0 Å². The molecular formula is C18H19N9O5S5. The lowest BCUT2D eigenvalue weighted by molar-refractivity contribution is -0.150. The molecule has 2 aliphatic heterocycles. The van der Waals surface area contributed by atoms with Gasteiger partial charge in [0.15, 0.2) is 19.5 Å². The number of carbonyl (C=O) groups is 3. The molecule has 0 unspecified atom stereocenters. The molecular weight excluding hydrogens is 583 g/mol. The Bertz CT molecular complexity index is 1310. The quantitative estimate of drug-likeness (QED) is 0.0778. The van der Waals surface area contributed by atoms with E-state index in [4.69, 9.17) is 21.7 Å². The molecule has 0 bridgehead atoms. The Morgan fingerprint density at radius 2 is 2.11 bits per heavy atom. The number of β-lactam (4-membered cyclic amide) rings is 1. The van der Waals surface area contributed by atoms with Crippen LogP contribution in [0.4, 0.5) is 5.13 Å². The first-order valence-corrected chi connectivity index (χ1v) is 14.9. The number of nitrogens with one attached hydrogen (secondary N) is 2. The van der Waals surface area contributed by atoms with Crippen molar-refractivity contribution >= 4 is 92.4 Å². The maximum absolute atomic E-state index is 13.0. The van der Waals surface area contributed by atoms with Crippen LogP contribution in [0.5, 0.6) is 0 Å². The van der Waals surface area contributed by atoms with Gasteiger partial charge in [-0.2, -0.15) is 0 Å². The fraction of sp³-hybridized carbons (Fsp3) is 0.333. The van der Waals surface area contributed by atoms with Crippen LogP contribution < -0.4 is 16.8 Å². The summed E-state index contributed by atoms with van der Waals surface area (Å²) in [7, 11) is 1.27. The number of thioether (sulfide) groups is 3. The van der Waals surface area contributed by atoms with Gasteiger partial charge in [-0.15, -0.1) is 33.3 Å². The molecule has 19 heteroatoms. The number of amidine groups is 1. The summed E-state index contributed by atoms with van der Waals surface area (Å²) in [6.45, 7) is 0. The van der Waals surface area contributed by atoms with Crippen molar-refractivity contribution in [1.29, 1.82) is 5.41 Å². The fourth-order valence-electron chi connectivity index (χ4n) is 3.30. The SMILES string of the molecule is CON=C(C(=O)N[C@@H]1C(=O)N2C(C(=O)O)=C(CSc3nnc(SCC(=N)N)s3)CS[C@@H]12)c1csc(N)n1. The van der Waals surface area contributed by atoms with Gasteiger partial charge in [0, 0.05) is 16.9 Å². The summed E-state index contributed by atoms with van der Waals surface area (Å²) in [6.07, 6.45) is 0. The van der Waals surface area contributed by atoms with Crippen LogP contribution in [-0.4, -0.2) is 90.3 Å². The number of oxime groups is 1. The number of aliphatic carboxylic acids is 1. The standard InChI is InChI=1S/C18H19N9O5S5/c1-32-26-9(7-4-34-16(21)22-7)12(28)23-10-13(29)27-11(15(30)31)6(2-33-14(10)27)3-35-17-24-25-18(37-17)36-5-8(19)20/h4,10,14H,2-3,5H2,1H3,(H3,19,20)(H2,21,22)(H,23,28)(H,30,31)/t10-,14+/m1/s1. The maximum atomic E-state index is 13.0. The molecule has 7 N–H and O–H groups in total. The number of thiazole rings is 1. The largest absolute Gasteiger partial charge is 0.477 e. The normalized spacial score (nSPS) is 19.3. The lowest BCUT2D eigenvalue weighted by Gasteiger charge is -2.49. The smallest absolute Gasteiger partial charge is 0.352 e. The first-order chi connectivity index (χ1) is 17.7. The number of hydrogen-bond donors (Lipinski definition) is 5. The zero-order chi connectivity index (χ0) is 26.7. The van der Waals surface area contributed by atoms with Gasteiger partial charge in [-0.3, -0.25) is 19.9 Å². The number of carboxylic acids is 1. The van der Waals surface area contributed by atoms with Gasteiger partial charge in [-0.25, -0.2) is 9.78 Å². The molecule has 0 saturated carbocycles. The highest BCUT2D eigenvalue weighted by Gasteiger charge is 2.54. The number of amides is 2. The van der Waals surface area contributed by atoms with E-state index in [1.807, 2.05) is 0 Å². The van der Waals surface area contributed by atoms with Crippen LogP contribution in [0.25, 0.3) is 0 Å². The van der Waals surface area contributed by atoms with Crippen LogP contribution in [0.15, 0.2) is 30.5 Å². The van der Waals surface area contributed by atoms with Crippen molar-refractivity contribution in [1.82, 2.24) is 25.4 Å². The molecule has 4 rings (SSSR count). The molecule has 0 radical (unpaired) electrons. The summed E-state index contributed by atoms with van der Waals surface area (Å²) in [4.78, 5) is 47.9. The minimum Gasteiger partial charge on any atom is -0.477 e. The number of carboxylic acid groups (broad SMARTS) is 1. The Balaban J connectivity index is 1.43. The Hall–Kier alpha value is -2.87. The van der Waals surface area contributed by atoms with Crippen molar-refractivity contribution < 1.29 is 24.3 Å². The van der Waals surface area contributed by atoms with Crippen LogP contribution in [0.3, 0.4) is 0 Å². The Labute approximate surface area is 230 Å². The molecule has 2 aromatic heterocycles. The zero-order valence-corrected chi connectivity index (χ0v) is 22.9. The molecule has 1 fully saturated rings. The number of hydrogen-bond acceptors (Lipinski definition) is 15. The second-order valence-electron chi connectivity index (χ2n) is 7.25. The number of aromatic nitrogens is 3. The van der Waals surface area contributed by atoms with Crippen LogP contribution in [0.1, 0.15) is 5.69 Å². The molecule has 0 aliphatic carbocycles. The topological polar surface area (TPSA) is 223 Å².